The van der Waals surface area contributed by atoms with E-state index >= 15 is 0 Å². The highest BCUT2D eigenvalue weighted by atomic mass is 35.7. The van der Waals surface area contributed by atoms with Crippen LogP contribution in [0.5, 0.6) is 5.75 Å². The van der Waals surface area contributed by atoms with E-state index in [2.05, 4.69) is 0 Å². The Kier molecular flexibility index (Phi) is 2.23. The predicted octanol–water partition coefficient (Wildman–Crippen LogP) is 3.85. The summed E-state index contributed by atoms with van der Waals surface area (Å²) in [6, 6.07) is 11.2. The van der Waals surface area contributed by atoms with Gasteiger partial charge in [-0.15, -0.1) is 0 Å². The van der Waals surface area contributed by atoms with Crippen molar-refractivity contribution in [2.24, 2.45) is 0 Å². The van der Waals surface area contributed by atoms with E-state index in [1.165, 1.54) is 0 Å². The molecule has 5 heteroatoms. The van der Waals surface area contributed by atoms with E-state index in [0.29, 0.717) is 11.3 Å². The minimum atomic E-state index is -1.67. The third-order valence-corrected chi connectivity index (χ3v) is 3.47. The molecule has 1 aliphatic rings. The Hall–Kier alpha value is -1.31. The summed E-state index contributed by atoms with van der Waals surface area (Å²) in [6.07, 6.45) is 0. The SMILES string of the molecule is O=C1OP(Cl)Oc2c1ccc1ccccc21. The molecule has 0 amide bonds. The monoisotopic (exact) mass is 252 g/mol. The molecule has 0 saturated carbocycles. The molecule has 2 aromatic rings. The zero-order chi connectivity index (χ0) is 11.1. The van der Waals surface area contributed by atoms with Gasteiger partial charge in [-0.3, -0.25) is 0 Å². The lowest BCUT2D eigenvalue weighted by Crippen LogP contribution is -2.10. The molecule has 0 radical (unpaired) electrons. The molecule has 16 heavy (non-hydrogen) atoms. The summed E-state index contributed by atoms with van der Waals surface area (Å²) in [6.45, 7) is 0. The number of fused-ring (bicyclic) bond motifs is 3. The molecular weight excluding hydrogens is 247 g/mol. The lowest BCUT2D eigenvalue weighted by atomic mass is 10.1. The van der Waals surface area contributed by atoms with E-state index < -0.39 is 13.7 Å². The Bertz CT molecular complexity index is 584. The second kappa shape index (κ2) is 3.62. The summed E-state index contributed by atoms with van der Waals surface area (Å²) in [4.78, 5) is 11.6. The fourth-order valence-corrected chi connectivity index (χ4v) is 2.71. The van der Waals surface area contributed by atoms with Crippen molar-refractivity contribution in [3.63, 3.8) is 0 Å². The van der Waals surface area contributed by atoms with E-state index in [1.54, 1.807) is 6.07 Å². The van der Waals surface area contributed by atoms with Gasteiger partial charge in [0.05, 0.1) is 0 Å². The summed E-state index contributed by atoms with van der Waals surface area (Å²) < 4.78 is 10.2. The maximum atomic E-state index is 11.6. The maximum absolute atomic E-state index is 11.6. The second-order valence-corrected chi connectivity index (χ2v) is 4.96. The number of hydrogen-bond donors (Lipinski definition) is 0. The highest BCUT2D eigenvalue weighted by molar-refractivity contribution is 7.76. The summed E-state index contributed by atoms with van der Waals surface area (Å²) in [5.41, 5.74) is 0.429. The first-order chi connectivity index (χ1) is 7.75. The molecule has 3 nitrogen and oxygen atoms in total. The second-order valence-electron chi connectivity index (χ2n) is 3.35. The van der Waals surface area contributed by atoms with E-state index in [1.807, 2.05) is 30.3 Å². The predicted molar refractivity (Wildman–Crippen MR) is 62.8 cm³/mol. The molecule has 1 unspecified atom stereocenters. The minimum Gasteiger partial charge on any atom is -0.426 e. The van der Waals surface area contributed by atoms with Gasteiger partial charge in [0.1, 0.15) is 5.56 Å². The van der Waals surface area contributed by atoms with Gasteiger partial charge in [-0.25, -0.2) is 4.79 Å². The normalized spacial score (nSPS) is 18.8. The van der Waals surface area contributed by atoms with Gasteiger partial charge >= 0.3 is 13.7 Å². The van der Waals surface area contributed by atoms with E-state index in [4.69, 9.17) is 20.3 Å². The van der Waals surface area contributed by atoms with Crippen LogP contribution in [0.1, 0.15) is 10.4 Å². The summed E-state index contributed by atoms with van der Waals surface area (Å²) in [7, 11) is -1.67. The molecule has 0 saturated heterocycles. The van der Waals surface area contributed by atoms with Crippen LogP contribution in [-0.4, -0.2) is 5.97 Å². The Morgan fingerprint density at radius 1 is 1.06 bits per heavy atom. The molecule has 0 N–H and O–H groups in total. The largest absolute Gasteiger partial charge is 0.426 e. The summed E-state index contributed by atoms with van der Waals surface area (Å²) in [5.74, 6) is 0.101. The molecule has 0 bridgehead atoms. The van der Waals surface area contributed by atoms with Crippen LogP contribution in [0.2, 0.25) is 0 Å². The average molecular weight is 253 g/mol. The van der Waals surface area contributed by atoms with Gasteiger partial charge in [0, 0.05) is 5.39 Å². The molecule has 0 spiro atoms. The van der Waals surface area contributed by atoms with Crippen molar-refractivity contribution in [2.45, 2.75) is 0 Å². The molecule has 1 aliphatic heterocycles. The molecule has 2 aromatic carbocycles. The topological polar surface area (TPSA) is 35.5 Å². The van der Waals surface area contributed by atoms with Crippen LogP contribution in [-0.2, 0) is 4.52 Å². The van der Waals surface area contributed by atoms with Crippen molar-refractivity contribution >= 4 is 35.7 Å². The lowest BCUT2D eigenvalue weighted by Gasteiger charge is -2.20. The average Bonchev–Trinajstić information content (AvgIpc) is 2.28. The molecule has 1 heterocycles. The number of carbonyl (C=O) groups excluding carboxylic acids is 1. The molecule has 0 aromatic heterocycles. The number of hydrogen-bond acceptors (Lipinski definition) is 3. The molecule has 0 fully saturated rings. The molecule has 3 rings (SSSR count). The highest BCUT2D eigenvalue weighted by Gasteiger charge is 2.29. The molecular formula is C11H6ClO3P. The summed E-state index contributed by atoms with van der Waals surface area (Å²) in [5, 5.41) is 1.89. The van der Waals surface area contributed by atoms with Gasteiger partial charge in [-0.1, -0.05) is 30.3 Å². The van der Waals surface area contributed by atoms with Crippen LogP contribution >= 0.6 is 19.0 Å². The maximum Gasteiger partial charge on any atom is 0.403 e. The Morgan fingerprint density at radius 2 is 1.88 bits per heavy atom. The van der Waals surface area contributed by atoms with Crippen molar-refractivity contribution in [1.82, 2.24) is 0 Å². The number of rotatable bonds is 0. The van der Waals surface area contributed by atoms with Gasteiger partial charge in [0.2, 0.25) is 0 Å². The number of benzene rings is 2. The van der Waals surface area contributed by atoms with Crippen LogP contribution in [0.15, 0.2) is 36.4 Å². The molecule has 0 aliphatic carbocycles. The smallest absolute Gasteiger partial charge is 0.403 e. The fraction of sp³-hybridized carbons (Fsp3) is 0. The van der Waals surface area contributed by atoms with Crippen LogP contribution in [0, 0.1) is 0 Å². The summed E-state index contributed by atoms with van der Waals surface area (Å²) >= 11 is 5.74. The first-order valence-corrected chi connectivity index (χ1v) is 6.72. The molecule has 1 atom stereocenters. The van der Waals surface area contributed by atoms with Gasteiger partial charge < -0.3 is 9.05 Å². The zero-order valence-corrected chi connectivity index (χ0v) is 9.66. The third-order valence-electron chi connectivity index (χ3n) is 2.42. The van der Waals surface area contributed by atoms with Crippen molar-refractivity contribution in [3.8, 4) is 5.75 Å². The zero-order valence-electron chi connectivity index (χ0n) is 8.01. The first kappa shape index (κ1) is 9.88. The highest BCUT2D eigenvalue weighted by Crippen LogP contribution is 2.51. The quantitative estimate of drug-likeness (QED) is 0.668. The molecule has 80 valence electrons. The fourth-order valence-electron chi connectivity index (χ4n) is 1.71. The Labute approximate surface area is 97.6 Å². The first-order valence-electron chi connectivity index (χ1n) is 4.63. The van der Waals surface area contributed by atoms with Crippen LogP contribution < -0.4 is 4.52 Å². The van der Waals surface area contributed by atoms with Crippen molar-refractivity contribution < 1.29 is 13.8 Å². The van der Waals surface area contributed by atoms with Crippen LogP contribution in [0.4, 0.5) is 0 Å². The number of halogens is 1. The van der Waals surface area contributed by atoms with Crippen molar-refractivity contribution in [2.75, 3.05) is 0 Å². The van der Waals surface area contributed by atoms with Gasteiger partial charge in [-0.05, 0) is 22.7 Å². The van der Waals surface area contributed by atoms with E-state index in [0.717, 1.165) is 10.8 Å². The van der Waals surface area contributed by atoms with Gasteiger partial charge in [0.15, 0.2) is 5.75 Å². The minimum absolute atomic E-state index is 0.423. The standard InChI is InChI=1S/C11H6ClO3P/c12-16-14-10-8-4-2-1-3-7(8)5-6-9(10)11(13)15-16/h1-6H. The number of carbonyl (C=O) groups is 1. The van der Waals surface area contributed by atoms with E-state index in [9.17, 15) is 4.79 Å². The van der Waals surface area contributed by atoms with Crippen LogP contribution in [0.3, 0.4) is 0 Å². The van der Waals surface area contributed by atoms with Crippen molar-refractivity contribution in [1.29, 1.82) is 0 Å². The Balaban J connectivity index is 2.33. The van der Waals surface area contributed by atoms with Crippen LogP contribution in [0.25, 0.3) is 10.8 Å². The van der Waals surface area contributed by atoms with E-state index in [-0.39, 0.29) is 0 Å². The van der Waals surface area contributed by atoms with Gasteiger partial charge in [0.25, 0.3) is 0 Å². The van der Waals surface area contributed by atoms with Gasteiger partial charge in [-0.2, -0.15) is 0 Å². The van der Waals surface area contributed by atoms with Crippen molar-refractivity contribution in [3.05, 3.63) is 42.0 Å². The lowest BCUT2D eigenvalue weighted by molar-refractivity contribution is 0.0729. The Morgan fingerprint density at radius 3 is 2.75 bits per heavy atom. The third kappa shape index (κ3) is 1.44.